The molecule has 4 heteroatoms. The Hall–Kier alpha value is -2.20. The Morgan fingerprint density at radius 2 is 1.39 bits per heavy atom. The van der Waals surface area contributed by atoms with Crippen molar-refractivity contribution in [3.63, 3.8) is 0 Å². The number of allylic oxidation sites excluding steroid dienone is 1. The highest BCUT2D eigenvalue weighted by Gasteiger charge is 2.19. The van der Waals surface area contributed by atoms with E-state index < -0.39 is 9.52 Å². The van der Waals surface area contributed by atoms with Crippen molar-refractivity contribution in [2.24, 2.45) is 0 Å². The van der Waals surface area contributed by atoms with Gasteiger partial charge < -0.3 is 14.2 Å². The van der Waals surface area contributed by atoms with Gasteiger partial charge in [0.2, 0.25) is 5.75 Å². The standard InChI is InChI=1S/C24H34O3Si/c1-6-15-25-20-13-14-22(24(27-17-8-3)23(20)26-16-7-2)28-21-12-10-9-11-19(21)18(4)5/h9-14H,4,6-8,15-17,28H2,1-3,5H3. The van der Waals surface area contributed by atoms with Crippen molar-refractivity contribution in [3.05, 3.63) is 48.5 Å². The Morgan fingerprint density at radius 1 is 0.786 bits per heavy atom. The summed E-state index contributed by atoms with van der Waals surface area (Å²) in [4.78, 5) is 0. The zero-order valence-electron chi connectivity index (χ0n) is 17.8. The fraction of sp³-hybridized carbons (Fsp3) is 0.417. The molecule has 0 unspecified atom stereocenters. The van der Waals surface area contributed by atoms with E-state index in [1.165, 1.54) is 15.9 Å². The summed E-state index contributed by atoms with van der Waals surface area (Å²) >= 11 is 0. The summed E-state index contributed by atoms with van der Waals surface area (Å²) < 4.78 is 18.3. The van der Waals surface area contributed by atoms with Crippen molar-refractivity contribution in [2.45, 2.75) is 47.0 Å². The van der Waals surface area contributed by atoms with E-state index in [2.05, 4.69) is 64.6 Å². The molecule has 0 aliphatic rings. The molecule has 0 radical (unpaired) electrons. The van der Waals surface area contributed by atoms with Crippen LogP contribution in [0.2, 0.25) is 0 Å². The Bertz CT molecular complexity index is 770. The Labute approximate surface area is 172 Å². The van der Waals surface area contributed by atoms with Gasteiger partial charge in [0.15, 0.2) is 11.5 Å². The van der Waals surface area contributed by atoms with Crippen molar-refractivity contribution in [3.8, 4) is 17.2 Å². The maximum atomic E-state index is 6.21. The Balaban J connectivity index is 2.48. The third-order valence-corrected chi connectivity index (χ3v) is 6.31. The molecule has 0 amide bonds. The van der Waals surface area contributed by atoms with Crippen LogP contribution >= 0.6 is 0 Å². The average Bonchev–Trinajstić information content (AvgIpc) is 2.70. The number of benzene rings is 2. The maximum Gasteiger partial charge on any atom is 0.203 e. The molecule has 28 heavy (non-hydrogen) atoms. The van der Waals surface area contributed by atoms with Gasteiger partial charge in [-0.25, -0.2) is 0 Å². The molecular weight excluding hydrogens is 364 g/mol. The highest BCUT2D eigenvalue weighted by molar-refractivity contribution is 6.69. The zero-order valence-corrected chi connectivity index (χ0v) is 19.3. The predicted molar refractivity (Wildman–Crippen MR) is 123 cm³/mol. The van der Waals surface area contributed by atoms with Crippen LogP contribution in [-0.4, -0.2) is 29.3 Å². The summed E-state index contributed by atoms with van der Waals surface area (Å²) in [5, 5.41) is 2.62. The first kappa shape index (κ1) is 22.1. The summed E-state index contributed by atoms with van der Waals surface area (Å²) in [5.41, 5.74) is 2.35. The van der Waals surface area contributed by atoms with E-state index in [4.69, 9.17) is 14.2 Å². The lowest BCUT2D eigenvalue weighted by Crippen LogP contribution is -2.31. The van der Waals surface area contributed by atoms with E-state index in [-0.39, 0.29) is 0 Å². The topological polar surface area (TPSA) is 27.7 Å². The van der Waals surface area contributed by atoms with Crippen LogP contribution in [0.4, 0.5) is 0 Å². The van der Waals surface area contributed by atoms with Crippen molar-refractivity contribution in [2.75, 3.05) is 19.8 Å². The van der Waals surface area contributed by atoms with Crippen LogP contribution in [-0.2, 0) is 0 Å². The molecule has 0 saturated heterocycles. The average molecular weight is 399 g/mol. The first-order valence-electron chi connectivity index (χ1n) is 10.4. The molecule has 0 N–H and O–H groups in total. The summed E-state index contributed by atoms with van der Waals surface area (Å²) in [6, 6.07) is 12.8. The van der Waals surface area contributed by atoms with Gasteiger partial charge >= 0.3 is 0 Å². The molecule has 0 aliphatic carbocycles. The second-order valence-corrected chi connectivity index (χ2v) is 8.92. The number of rotatable bonds is 12. The fourth-order valence-corrected chi connectivity index (χ4v) is 4.98. The van der Waals surface area contributed by atoms with Crippen LogP contribution in [0.5, 0.6) is 17.2 Å². The molecular formula is C24H34O3Si. The molecule has 2 aromatic carbocycles. The van der Waals surface area contributed by atoms with Crippen molar-refractivity contribution < 1.29 is 14.2 Å². The molecule has 2 aromatic rings. The Morgan fingerprint density at radius 3 is 2.04 bits per heavy atom. The predicted octanol–water partition coefficient (Wildman–Crippen LogP) is 4.21. The molecule has 0 fully saturated rings. The molecule has 0 spiro atoms. The molecule has 2 rings (SSSR count). The lowest BCUT2D eigenvalue weighted by molar-refractivity contribution is 0.244. The SMILES string of the molecule is C=C(C)c1ccccc1[SiH2]c1ccc(OCCC)c(OCCC)c1OCCC. The van der Waals surface area contributed by atoms with Gasteiger partial charge in [-0.05, 0) is 43.0 Å². The van der Waals surface area contributed by atoms with Crippen LogP contribution < -0.4 is 24.6 Å². The van der Waals surface area contributed by atoms with Gasteiger partial charge in [-0.1, -0.05) is 68.4 Å². The summed E-state index contributed by atoms with van der Waals surface area (Å²) in [7, 11) is -0.764. The largest absolute Gasteiger partial charge is 0.490 e. The molecule has 0 bridgehead atoms. The van der Waals surface area contributed by atoms with E-state index in [0.717, 1.165) is 42.1 Å². The second kappa shape index (κ2) is 11.6. The van der Waals surface area contributed by atoms with Crippen LogP contribution in [0.25, 0.3) is 5.57 Å². The normalized spacial score (nSPS) is 11.0. The van der Waals surface area contributed by atoms with E-state index in [0.29, 0.717) is 19.8 Å². The van der Waals surface area contributed by atoms with Crippen LogP contribution in [0.1, 0.15) is 52.5 Å². The van der Waals surface area contributed by atoms with Gasteiger partial charge in [-0.3, -0.25) is 0 Å². The minimum atomic E-state index is -0.764. The van der Waals surface area contributed by atoms with Crippen LogP contribution in [0, 0.1) is 0 Å². The first-order valence-corrected chi connectivity index (χ1v) is 11.8. The van der Waals surface area contributed by atoms with Crippen molar-refractivity contribution in [1.82, 2.24) is 0 Å². The maximum absolute atomic E-state index is 6.21. The second-order valence-electron chi connectivity index (χ2n) is 7.04. The van der Waals surface area contributed by atoms with Gasteiger partial charge in [-0.15, -0.1) is 0 Å². The van der Waals surface area contributed by atoms with Gasteiger partial charge in [0.25, 0.3) is 0 Å². The van der Waals surface area contributed by atoms with Crippen molar-refractivity contribution >= 4 is 25.5 Å². The Kier molecular flexibility index (Phi) is 9.15. The highest BCUT2D eigenvalue weighted by atomic mass is 28.2. The zero-order chi connectivity index (χ0) is 20.4. The lowest BCUT2D eigenvalue weighted by Gasteiger charge is -2.20. The number of ether oxygens (including phenoxy) is 3. The van der Waals surface area contributed by atoms with E-state index >= 15 is 0 Å². The van der Waals surface area contributed by atoms with E-state index in [1.807, 2.05) is 6.07 Å². The lowest BCUT2D eigenvalue weighted by atomic mass is 10.1. The van der Waals surface area contributed by atoms with Gasteiger partial charge in [0.1, 0.15) is 0 Å². The molecule has 3 nitrogen and oxygen atoms in total. The molecule has 0 aromatic heterocycles. The highest BCUT2D eigenvalue weighted by Crippen LogP contribution is 2.36. The summed E-state index contributed by atoms with van der Waals surface area (Å²) in [6.45, 7) is 14.6. The quantitative estimate of drug-likeness (QED) is 0.501. The molecule has 0 aliphatic heterocycles. The molecule has 0 heterocycles. The van der Waals surface area contributed by atoms with Gasteiger partial charge in [0.05, 0.1) is 29.3 Å². The number of hydrogen-bond donors (Lipinski definition) is 0. The monoisotopic (exact) mass is 398 g/mol. The summed E-state index contributed by atoms with van der Waals surface area (Å²) in [5.74, 6) is 2.42. The fourth-order valence-electron chi connectivity index (χ4n) is 3.05. The van der Waals surface area contributed by atoms with E-state index in [9.17, 15) is 0 Å². The molecule has 0 saturated carbocycles. The minimum Gasteiger partial charge on any atom is -0.490 e. The number of hydrogen-bond acceptors (Lipinski definition) is 3. The minimum absolute atomic E-state index is 0.651. The van der Waals surface area contributed by atoms with Crippen LogP contribution in [0.3, 0.4) is 0 Å². The third-order valence-electron chi connectivity index (χ3n) is 4.38. The first-order chi connectivity index (χ1) is 13.6. The molecule has 152 valence electrons. The summed E-state index contributed by atoms with van der Waals surface area (Å²) in [6.07, 6.45) is 2.86. The third kappa shape index (κ3) is 5.90. The van der Waals surface area contributed by atoms with Gasteiger partial charge in [0, 0.05) is 0 Å². The van der Waals surface area contributed by atoms with Crippen molar-refractivity contribution in [1.29, 1.82) is 0 Å². The van der Waals surface area contributed by atoms with E-state index in [1.54, 1.807) is 0 Å². The smallest absolute Gasteiger partial charge is 0.203 e. The van der Waals surface area contributed by atoms with Crippen LogP contribution in [0.15, 0.2) is 43.0 Å². The van der Waals surface area contributed by atoms with Gasteiger partial charge in [-0.2, -0.15) is 0 Å². The molecule has 0 atom stereocenters.